The van der Waals surface area contributed by atoms with Gasteiger partial charge in [0.1, 0.15) is 0 Å². The number of rotatable bonds is 4. The van der Waals surface area contributed by atoms with Gasteiger partial charge in [-0.25, -0.2) is 0 Å². The van der Waals surface area contributed by atoms with Crippen molar-refractivity contribution < 1.29 is 19.1 Å². The van der Waals surface area contributed by atoms with Gasteiger partial charge in [0.15, 0.2) is 5.78 Å². The Morgan fingerprint density at radius 1 is 1.04 bits per heavy atom. The summed E-state index contributed by atoms with van der Waals surface area (Å²) < 4.78 is 11.8. The molecule has 2 heterocycles. The molecular formula is C22H21NO4. The van der Waals surface area contributed by atoms with E-state index < -0.39 is 5.79 Å². The Morgan fingerprint density at radius 2 is 1.78 bits per heavy atom. The second kappa shape index (κ2) is 6.29. The van der Waals surface area contributed by atoms with Gasteiger partial charge in [0, 0.05) is 23.2 Å². The van der Waals surface area contributed by atoms with E-state index in [4.69, 9.17) is 9.47 Å². The van der Waals surface area contributed by atoms with E-state index in [-0.39, 0.29) is 11.7 Å². The van der Waals surface area contributed by atoms with Crippen LogP contribution in [0.3, 0.4) is 0 Å². The van der Waals surface area contributed by atoms with Crippen LogP contribution in [0.25, 0.3) is 0 Å². The molecule has 3 aliphatic rings. The summed E-state index contributed by atoms with van der Waals surface area (Å²) in [4.78, 5) is 27.9. The largest absolute Gasteiger partial charge is 0.338 e. The molecule has 2 aliphatic heterocycles. The van der Waals surface area contributed by atoms with Crippen LogP contribution in [0.2, 0.25) is 0 Å². The normalized spacial score (nSPS) is 20.7. The van der Waals surface area contributed by atoms with E-state index in [0.717, 1.165) is 24.9 Å². The van der Waals surface area contributed by atoms with Crippen molar-refractivity contribution in [3.05, 3.63) is 65.2 Å². The number of carbonyl (C=O) groups excluding carboxylic acids is 2. The zero-order valence-corrected chi connectivity index (χ0v) is 15.0. The van der Waals surface area contributed by atoms with Gasteiger partial charge in [0.05, 0.1) is 18.9 Å². The number of hydrogen-bond acceptors (Lipinski definition) is 4. The van der Waals surface area contributed by atoms with E-state index in [1.807, 2.05) is 24.3 Å². The van der Waals surface area contributed by atoms with Crippen LogP contribution in [-0.4, -0.2) is 31.4 Å². The first-order chi connectivity index (χ1) is 13.2. The number of ketones is 1. The second-order valence-electron chi connectivity index (χ2n) is 7.45. The highest BCUT2D eigenvalue weighted by Crippen LogP contribution is 2.47. The Kier molecular flexibility index (Phi) is 3.88. The molecule has 2 aromatic rings. The van der Waals surface area contributed by atoms with Crippen LogP contribution >= 0.6 is 0 Å². The standard InChI is InChI=1S/C22H21NO4/c24-20(16-5-2-1-3-6-16)17-9-10-19-18(13-17)22(26-11-4-12-27-22)21(25)23(19)14-15-7-8-15/h1-3,5-6,9-10,13,15H,4,7-8,11-12,14H2. The molecule has 0 atom stereocenters. The molecule has 5 rings (SSSR count). The van der Waals surface area contributed by atoms with Crippen molar-refractivity contribution in [3.63, 3.8) is 0 Å². The molecule has 5 heteroatoms. The van der Waals surface area contributed by atoms with Gasteiger partial charge in [-0.05, 0) is 43.4 Å². The molecule has 1 spiro atoms. The van der Waals surface area contributed by atoms with Gasteiger partial charge in [-0.2, -0.15) is 0 Å². The maximum atomic E-state index is 13.2. The van der Waals surface area contributed by atoms with Crippen molar-refractivity contribution in [2.45, 2.75) is 25.0 Å². The van der Waals surface area contributed by atoms with E-state index in [9.17, 15) is 9.59 Å². The van der Waals surface area contributed by atoms with Crippen LogP contribution in [-0.2, 0) is 20.1 Å². The number of anilines is 1. The number of amides is 1. The minimum atomic E-state index is -1.39. The first kappa shape index (κ1) is 16.7. The molecular weight excluding hydrogens is 342 g/mol. The molecule has 0 unspecified atom stereocenters. The van der Waals surface area contributed by atoms with Crippen molar-refractivity contribution in [1.29, 1.82) is 0 Å². The number of benzene rings is 2. The van der Waals surface area contributed by atoms with Gasteiger partial charge in [0.2, 0.25) is 0 Å². The second-order valence-corrected chi connectivity index (χ2v) is 7.45. The minimum Gasteiger partial charge on any atom is -0.338 e. The molecule has 1 saturated heterocycles. The number of ether oxygens (including phenoxy) is 2. The maximum absolute atomic E-state index is 13.2. The van der Waals surface area contributed by atoms with E-state index >= 15 is 0 Å². The summed E-state index contributed by atoms with van der Waals surface area (Å²) in [5.74, 6) is -1.08. The van der Waals surface area contributed by atoms with Crippen LogP contribution in [0, 0.1) is 5.92 Å². The fourth-order valence-corrected chi connectivity index (χ4v) is 3.89. The topological polar surface area (TPSA) is 55.8 Å². The summed E-state index contributed by atoms with van der Waals surface area (Å²) in [5, 5.41) is 0. The predicted molar refractivity (Wildman–Crippen MR) is 99.6 cm³/mol. The summed E-state index contributed by atoms with van der Waals surface area (Å²) >= 11 is 0. The van der Waals surface area contributed by atoms with E-state index in [1.165, 1.54) is 0 Å². The molecule has 1 saturated carbocycles. The Labute approximate surface area is 157 Å². The van der Waals surface area contributed by atoms with Crippen molar-refractivity contribution in [2.75, 3.05) is 24.7 Å². The third kappa shape index (κ3) is 2.69. The quantitative estimate of drug-likeness (QED) is 0.783. The van der Waals surface area contributed by atoms with Crippen LogP contribution in [0.1, 0.15) is 40.7 Å². The molecule has 1 amide bonds. The third-order valence-corrected chi connectivity index (χ3v) is 5.50. The van der Waals surface area contributed by atoms with E-state index in [0.29, 0.717) is 42.4 Å². The first-order valence-corrected chi connectivity index (χ1v) is 9.53. The minimum absolute atomic E-state index is 0.0718. The van der Waals surface area contributed by atoms with Gasteiger partial charge in [-0.15, -0.1) is 0 Å². The average molecular weight is 363 g/mol. The van der Waals surface area contributed by atoms with Gasteiger partial charge < -0.3 is 14.4 Å². The highest BCUT2D eigenvalue weighted by molar-refractivity contribution is 6.11. The van der Waals surface area contributed by atoms with Crippen molar-refractivity contribution in [2.24, 2.45) is 5.92 Å². The first-order valence-electron chi connectivity index (χ1n) is 9.53. The molecule has 0 radical (unpaired) electrons. The lowest BCUT2D eigenvalue weighted by Gasteiger charge is -2.32. The van der Waals surface area contributed by atoms with E-state index in [1.54, 1.807) is 29.2 Å². The van der Waals surface area contributed by atoms with Crippen molar-refractivity contribution >= 4 is 17.4 Å². The fraction of sp³-hybridized carbons (Fsp3) is 0.364. The molecule has 1 aliphatic carbocycles. The molecule has 2 fully saturated rings. The monoisotopic (exact) mass is 363 g/mol. The summed E-state index contributed by atoms with van der Waals surface area (Å²) in [5.41, 5.74) is 2.63. The Balaban J connectivity index is 1.58. The highest BCUT2D eigenvalue weighted by atomic mass is 16.7. The zero-order valence-electron chi connectivity index (χ0n) is 15.0. The fourth-order valence-electron chi connectivity index (χ4n) is 3.89. The number of fused-ring (bicyclic) bond motifs is 2. The van der Waals surface area contributed by atoms with Gasteiger partial charge >= 0.3 is 0 Å². The third-order valence-electron chi connectivity index (χ3n) is 5.50. The summed E-state index contributed by atoms with van der Waals surface area (Å²) in [6, 6.07) is 14.6. The summed E-state index contributed by atoms with van der Waals surface area (Å²) in [7, 11) is 0. The number of hydrogen-bond donors (Lipinski definition) is 0. The van der Waals surface area contributed by atoms with Gasteiger partial charge in [-0.1, -0.05) is 30.3 Å². The molecule has 2 aromatic carbocycles. The van der Waals surface area contributed by atoms with E-state index in [2.05, 4.69) is 0 Å². The van der Waals surface area contributed by atoms with Crippen LogP contribution in [0.4, 0.5) is 5.69 Å². The Hall–Kier alpha value is -2.50. The lowest BCUT2D eigenvalue weighted by Crippen LogP contribution is -2.47. The van der Waals surface area contributed by atoms with Crippen LogP contribution in [0.15, 0.2) is 48.5 Å². The highest BCUT2D eigenvalue weighted by Gasteiger charge is 2.55. The molecule has 138 valence electrons. The molecule has 0 aromatic heterocycles. The van der Waals surface area contributed by atoms with Crippen molar-refractivity contribution in [3.8, 4) is 0 Å². The predicted octanol–water partition coefficient (Wildman–Crippen LogP) is 3.26. The lowest BCUT2D eigenvalue weighted by molar-refractivity contribution is -0.256. The number of carbonyl (C=O) groups is 2. The lowest BCUT2D eigenvalue weighted by atomic mass is 9.98. The van der Waals surface area contributed by atoms with Crippen molar-refractivity contribution in [1.82, 2.24) is 0 Å². The molecule has 0 bridgehead atoms. The Morgan fingerprint density at radius 3 is 2.48 bits per heavy atom. The Bertz CT molecular complexity index is 898. The molecule has 0 N–H and O–H groups in total. The number of nitrogens with zero attached hydrogens (tertiary/aromatic N) is 1. The smallest absolute Gasteiger partial charge is 0.292 e. The molecule has 27 heavy (non-hydrogen) atoms. The average Bonchev–Trinajstić information content (AvgIpc) is 3.53. The van der Waals surface area contributed by atoms with Gasteiger partial charge in [0.25, 0.3) is 11.7 Å². The van der Waals surface area contributed by atoms with Crippen LogP contribution in [0.5, 0.6) is 0 Å². The van der Waals surface area contributed by atoms with Gasteiger partial charge in [-0.3, -0.25) is 9.59 Å². The van der Waals surface area contributed by atoms with Crippen LogP contribution < -0.4 is 4.90 Å². The maximum Gasteiger partial charge on any atom is 0.292 e. The zero-order chi connectivity index (χ0) is 18.4. The summed E-state index contributed by atoms with van der Waals surface area (Å²) in [6.45, 7) is 1.63. The summed E-state index contributed by atoms with van der Waals surface area (Å²) in [6.07, 6.45) is 3.06. The SMILES string of the molecule is O=C(c1ccccc1)c1ccc2c(c1)C1(OCCCO1)C(=O)N2CC1CC1. The molecule has 5 nitrogen and oxygen atoms in total.